The van der Waals surface area contributed by atoms with Crippen LogP contribution in [0.3, 0.4) is 0 Å². The molecular weight excluding hydrogens is 505 g/mol. The first-order chi connectivity index (χ1) is 16.4. The summed E-state index contributed by atoms with van der Waals surface area (Å²) < 4.78 is 73.8. The molecule has 1 N–H and O–H groups in total. The lowest BCUT2D eigenvalue weighted by Crippen LogP contribution is -2.38. The molecule has 1 aliphatic rings. The minimum absolute atomic E-state index is 0.126. The van der Waals surface area contributed by atoms with Gasteiger partial charge in [0.2, 0.25) is 10.0 Å². The summed E-state index contributed by atoms with van der Waals surface area (Å²) in [6.07, 6.45) is -3.87. The third-order valence-electron chi connectivity index (χ3n) is 6.17. The molecule has 0 spiro atoms. The quantitative estimate of drug-likeness (QED) is 0.478. The van der Waals surface area contributed by atoms with Gasteiger partial charge in [0.15, 0.2) is 0 Å². The highest BCUT2D eigenvalue weighted by Gasteiger charge is 2.36. The number of benzene rings is 2. The average Bonchev–Trinajstić information content (AvgIpc) is 3.29. The van der Waals surface area contributed by atoms with Gasteiger partial charge in [0, 0.05) is 30.6 Å². The highest BCUT2D eigenvalue weighted by molar-refractivity contribution is 7.89. The maximum atomic E-state index is 13.6. The lowest BCUT2D eigenvalue weighted by atomic mass is 10.0. The van der Waals surface area contributed by atoms with E-state index >= 15 is 0 Å². The molecule has 1 saturated heterocycles. The molecule has 4 rings (SSSR count). The van der Waals surface area contributed by atoms with E-state index in [4.69, 9.17) is 16.3 Å². The van der Waals surface area contributed by atoms with E-state index in [0.29, 0.717) is 24.6 Å². The number of H-pyrrole nitrogens is 1. The number of hydrogen-bond donors (Lipinski definition) is 1. The molecule has 1 atom stereocenters. The van der Waals surface area contributed by atoms with Gasteiger partial charge in [-0.15, -0.1) is 0 Å². The van der Waals surface area contributed by atoms with E-state index in [1.165, 1.54) is 0 Å². The van der Waals surface area contributed by atoms with Crippen LogP contribution in [-0.2, 0) is 27.5 Å². The molecule has 0 amide bonds. The van der Waals surface area contributed by atoms with Gasteiger partial charge in [-0.2, -0.15) is 17.5 Å². The zero-order chi connectivity index (χ0) is 25.5. The second-order valence-corrected chi connectivity index (χ2v) is 11.0. The molecule has 2 heterocycles. The highest BCUT2D eigenvalue weighted by Crippen LogP contribution is 2.35. The zero-order valence-corrected chi connectivity index (χ0v) is 20.6. The van der Waals surface area contributed by atoms with Crippen molar-refractivity contribution in [1.82, 2.24) is 9.29 Å². The van der Waals surface area contributed by atoms with Crippen molar-refractivity contribution in [3.63, 3.8) is 0 Å². The fourth-order valence-electron chi connectivity index (χ4n) is 4.21. The highest BCUT2D eigenvalue weighted by atomic mass is 35.5. The molecule has 0 unspecified atom stereocenters. The Balaban J connectivity index is 1.81. The standard InChI is InChI=1S/C24H24ClF3N2O4S/c1-14-5-6-15(2)22-19(14)10-16(23(31)29-22)12-30(13-18-4-3-9-34-18)35(32,33)21-11-17(24(26,27)28)7-8-20(21)25/h5-8,10-11,18H,3-4,9,12-13H2,1-2H3,(H,29,31)/t18-/m1/s1. The van der Waals surface area contributed by atoms with Gasteiger partial charge in [0.25, 0.3) is 5.56 Å². The van der Waals surface area contributed by atoms with Crippen LogP contribution in [0.1, 0.15) is 35.1 Å². The van der Waals surface area contributed by atoms with E-state index in [2.05, 4.69) is 4.98 Å². The Morgan fingerprint density at radius 1 is 1.14 bits per heavy atom. The predicted octanol–water partition coefficient (Wildman–Crippen LogP) is 5.19. The molecule has 11 heteroatoms. The van der Waals surface area contributed by atoms with E-state index in [9.17, 15) is 26.4 Å². The first-order valence-corrected chi connectivity index (χ1v) is 12.8. The van der Waals surface area contributed by atoms with Crippen LogP contribution in [0.2, 0.25) is 5.02 Å². The Hall–Kier alpha value is -2.40. The van der Waals surface area contributed by atoms with Gasteiger partial charge in [-0.05, 0) is 62.1 Å². The summed E-state index contributed by atoms with van der Waals surface area (Å²) >= 11 is 6.07. The Bertz CT molecular complexity index is 1430. The molecule has 0 radical (unpaired) electrons. The maximum absolute atomic E-state index is 13.6. The smallest absolute Gasteiger partial charge is 0.377 e. The van der Waals surface area contributed by atoms with Crippen LogP contribution in [0.4, 0.5) is 13.2 Å². The molecule has 6 nitrogen and oxygen atoms in total. The van der Waals surface area contributed by atoms with E-state index in [0.717, 1.165) is 39.4 Å². The molecule has 188 valence electrons. The molecular formula is C24H24ClF3N2O4S. The van der Waals surface area contributed by atoms with Crippen molar-refractivity contribution in [2.45, 2.75) is 50.4 Å². The van der Waals surface area contributed by atoms with Gasteiger partial charge in [-0.1, -0.05) is 23.7 Å². The minimum atomic E-state index is -4.75. The summed E-state index contributed by atoms with van der Waals surface area (Å²) in [7, 11) is -4.52. The van der Waals surface area contributed by atoms with E-state index in [1.54, 1.807) is 6.07 Å². The molecule has 0 aliphatic carbocycles. The average molecular weight is 529 g/mol. The fraction of sp³-hybridized carbons (Fsp3) is 0.375. The van der Waals surface area contributed by atoms with Crippen molar-refractivity contribution in [2.75, 3.05) is 13.2 Å². The second-order valence-electron chi connectivity index (χ2n) is 8.69. The number of nitrogens with one attached hydrogen (secondary N) is 1. The number of alkyl halides is 3. The number of nitrogens with zero attached hydrogens (tertiary/aromatic N) is 1. The van der Waals surface area contributed by atoms with Crippen LogP contribution in [0.25, 0.3) is 10.9 Å². The van der Waals surface area contributed by atoms with Crippen LogP contribution in [0.15, 0.2) is 46.1 Å². The Morgan fingerprint density at radius 2 is 1.86 bits per heavy atom. The number of fused-ring (bicyclic) bond motifs is 1. The first-order valence-electron chi connectivity index (χ1n) is 11.0. The Kier molecular flexibility index (Phi) is 7.02. The number of halogens is 4. The Labute approximate surface area is 205 Å². The van der Waals surface area contributed by atoms with E-state index < -0.39 is 38.3 Å². The summed E-state index contributed by atoms with van der Waals surface area (Å²) in [5.74, 6) is 0. The summed E-state index contributed by atoms with van der Waals surface area (Å²) in [6.45, 7) is 3.69. The van der Waals surface area contributed by atoms with Crippen LogP contribution in [0, 0.1) is 13.8 Å². The van der Waals surface area contributed by atoms with Gasteiger partial charge in [0.05, 0.1) is 22.2 Å². The van der Waals surface area contributed by atoms with Crippen molar-refractivity contribution >= 4 is 32.5 Å². The second kappa shape index (κ2) is 9.57. The number of aromatic nitrogens is 1. The van der Waals surface area contributed by atoms with Crippen LogP contribution in [-0.4, -0.2) is 37.0 Å². The molecule has 1 aromatic heterocycles. The van der Waals surface area contributed by atoms with Gasteiger partial charge in [-0.3, -0.25) is 4.79 Å². The summed E-state index contributed by atoms with van der Waals surface area (Å²) in [4.78, 5) is 15.0. The molecule has 0 bridgehead atoms. The zero-order valence-electron chi connectivity index (χ0n) is 19.1. The number of aryl methyl sites for hydroxylation is 2. The number of hydrogen-bond acceptors (Lipinski definition) is 4. The van der Waals surface area contributed by atoms with Crippen molar-refractivity contribution in [2.24, 2.45) is 0 Å². The molecule has 3 aromatic rings. The van der Waals surface area contributed by atoms with Gasteiger partial charge >= 0.3 is 6.18 Å². The van der Waals surface area contributed by atoms with Crippen LogP contribution in [0.5, 0.6) is 0 Å². The molecule has 1 aliphatic heterocycles. The third kappa shape index (κ3) is 5.25. The number of aromatic amines is 1. The third-order valence-corrected chi connectivity index (χ3v) is 8.47. The largest absolute Gasteiger partial charge is 0.416 e. The summed E-state index contributed by atoms with van der Waals surface area (Å²) in [5, 5.41) is 0.417. The summed E-state index contributed by atoms with van der Waals surface area (Å²) in [5.41, 5.74) is 0.941. The number of ether oxygens (including phenoxy) is 1. The molecule has 35 heavy (non-hydrogen) atoms. The predicted molar refractivity (Wildman–Crippen MR) is 127 cm³/mol. The van der Waals surface area contributed by atoms with E-state index in [1.807, 2.05) is 26.0 Å². The molecule has 1 fully saturated rings. The maximum Gasteiger partial charge on any atom is 0.416 e. The lowest BCUT2D eigenvalue weighted by molar-refractivity contribution is -0.137. The van der Waals surface area contributed by atoms with Crippen molar-refractivity contribution in [3.05, 3.63) is 74.0 Å². The van der Waals surface area contributed by atoms with Crippen molar-refractivity contribution in [3.8, 4) is 0 Å². The normalized spacial score (nSPS) is 16.9. The van der Waals surface area contributed by atoms with Gasteiger partial charge in [-0.25, -0.2) is 8.42 Å². The fourth-order valence-corrected chi connectivity index (χ4v) is 6.16. The minimum Gasteiger partial charge on any atom is -0.377 e. The molecule has 2 aromatic carbocycles. The topological polar surface area (TPSA) is 79.5 Å². The SMILES string of the molecule is Cc1ccc(C)c2[nH]c(=O)c(CN(C[C@H]3CCCO3)S(=O)(=O)c3cc(C(F)(F)F)ccc3Cl)cc12. The van der Waals surface area contributed by atoms with Gasteiger partial charge in [0.1, 0.15) is 4.90 Å². The van der Waals surface area contributed by atoms with Crippen molar-refractivity contribution < 1.29 is 26.3 Å². The lowest BCUT2D eigenvalue weighted by Gasteiger charge is -2.25. The molecule has 0 saturated carbocycles. The number of pyridine rings is 1. The Morgan fingerprint density at radius 3 is 2.51 bits per heavy atom. The van der Waals surface area contributed by atoms with Crippen molar-refractivity contribution in [1.29, 1.82) is 0 Å². The van der Waals surface area contributed by atoms with Crippen LogP contribution >= 0.6 is 11.6 Å². The first kappa shape index (κ1) is 25.7. The monoisotopic (exact) mass is 528 g/mol. The van der Waals surface area contributed by atoms with E-state index in [-0.39, 0.29) is 23.7 Å². The summed E-state index contributed by atoms with van der Waals surface area (Å²) in [6, 6.07) is 7.56. The number of sulfonamides is 1. The van der Waals surface area contributed by atoms with Crippen LogP contribution < -0.4 is 5.56 Å². The van der Waals surface area contributed by atoms with Gasteiger partial charge < -0.3 is 9.72 Å². The number of rotatable bonds is 6.